The second-order valence-corrected chi connectivity index (χ2v) is 3.07. The Morgan fingerprint density at radius 1 is 1.70 bits per heavy atom. The summed E-state index contributed by atoms with van der Waals surface area (Å²) in [4.78, 5) is 0. The van der Waals surface area contributed by atoms with E-state index < -0.39 is 0 Å². The van der Waals surface area contributed by atoms with Crippen LogP contribution in [-0.2, 0) is 4.74 Å². The first kappa shape index (κ1) is 9.41. The van der Waals surface area contributed by atoms with E-state index in [1.807, 2.05) is 19.9 Å². The largest absolute Gasteiger partial charge is 0.362 e. The van der Waals surface area contributed by atoms with Crippen LogP contribution in [0.25, 0.3) is 0 Å². The number of ether oxygens (including phenoxy) is 1. The van der Waals surface area contributed by atoms with E-state index in [9.17, 15) is 0 Å². The minimum absolute atomic E-state index is 0.342. The minimum Gasteiger partial charge on any atom is -0.362 e. The Bertz CT molecular complexity index is 132. The van der Waals surface area contributed by atoms with Crippen LogP contribution in [0.3, 0.4) is 0 Å². The Kier molecular flexibility index (Phi) is 3.34. The normalized spacial score (nSPS) is 14.3. The SMILES string of the molecule is CC(C#N)OCC(C)(C)N. The molecule has 0 aromatic heterocycles. The zero-order valence-electron chi connectivity index (χ0n) is 6.72. The van der Waals surface area contributed by atoms with Gasteiger partial charge in [0.2, 0.25) is 0 Å². The van der Waals surface area contributed by atoms with E-state index in [4.69, 9.17) is 15.7 Å². The van der Waals surface area contributed by atoms with Gasteiger partial charge in [-0.2, -0.15) is 5.26 Å². The fourth-order valence-electron chi connectivity index (χ4n) is 0.377. The zero-order valence-corrected chi connectivity index (χ0v) is 6.72. The standard InChI is InChI=1S/C7H14N2O/c1-6(4-8)10-5-7(2,3)9/h6H,5,9H2,1-3H3. The van der Waals surface area contributed by atoms with Crippen LogP contribution in [0.4, 0.5) is 0 Å². The van der Waals surface area contributed by atoms with Crippen molar-refractivity contribution in [3.8, 4) is 6.07 Å². The van der Waals surface area contributed by atoms with E-state index in [2.05, 4.69) is 0 Å². The summed E-state index contributed by atoms with van der Waals surface area (Å²) < 4.78 is 5.07. The van der Waals surface area contributed by atoms with Crippen molar-refractivity contribution >= 4 is 0 Å². The highest BCUT2D eigenvalue weighted by Gasteiger charge is 2.12. The van der Waals surface area contributed by atoms with Gasteiger partial charge in [0.25, 0.3) is 0 Å². The maximum atomic E-state index is 8.32. The van der Waals surface area contributed by atoms with Gasteiger partial charge in [0, 0.05) is 5.54 Å². The molecule has 1 unspecified atom stereocenters. The second-order valence-electron chi connectivity index (χ2n) is 3.07. The van der Waals surface area contributed by atoms with Crippen LogP contribution in [0, 0.1) is 11.3 Å². The predicted molar refractivity (Wildman–Crippen MR) is 39.3 cm³/mol. The summed E-state index contributed by atoms with van der Waals surface area (Å²) >= 11 is 0. The predicted octanol–water partition coefficient (Wildman–Crippen LogP) is 0.652. The highest BCUT2D eigenvalue weighted by Crippen LogP contribution is 1.99. The summed E-state index contributed by atoms with van der Waals surface area (Å²) in [5.41, 5.74) is 5.26. The van der Waals surface area contributed by atoms with Crippen molar-refractivity contribution in [1.29, 1.82) is 5.26 Å². The van der Waals surface area contributed by atoms with Gasteiger partial charge in [-0.1, -0.05) is 0 Å². The lowest BCUT2D eigenvalue weighted by molar-refractivity contribution is 0.0697. The summed E-state index contributed by atoms with van der Waals surface area (Å²) in [6, 6.07) is 1.96. The quantitative estimate of drug-likeness (QED) is 0.629. The minimum atomic E-state index is -0.358. The van der Waals surface area contributed by atoms with Crippen LogP contribution < -0.4 is 5.73 Å². The molecule has 0 radical (unpaired) electrons. The monoisotopic (exact) mass is 142 g/mol. The number of hydrogen-bond donors (Lipinski definition) is 1. The van der Waals surface area contributed by atoms with Crippen molar-refractivity contribution in [3.05, 3.63) is 0 Å². The summed E-state index contributed by atoms with van der Waals surface area (Å²) in [6.45, 7) is 5.83. The van der Waals surface area contributed by atoms with Crippen LogP contribution >= 0.6 is 0 Å². The van der Waals surface area contributed by atoms with E-state index >= 15 is 0 Å². The van der Waals surface area contributed by atoms with Gasteiger partial charge in [-0.25, -0.2) is 0 Å². The van der Waals surface area contributed by atoms with Gasteiger partial charge in [-0.3, -0.25) is 0 Å². The average molecular weight is 142 g/mol. The maximum Gasteiger partial charge on any atom is 0.141 e. The molecular weight excluding hydrogens is 128 g/mol. The Balaban J connectivity index is 3.48. The Morgan fingerprint density at radius 2 is 2.20 bits per heavy atom. The molecule has 0 fully saturated rings. The molecule has 0 rings (SSSR count). The molecule has 0 aliphatic carbocycles. The summed E-state index contributed by atoms with van der Waals surface area (Å²) in [5.74, 6) is 0. The third-order valence-corrected chi connectivity index (χ3v) is 0.887. The smallest absolute Gasteiger partial charge is 0.141 e. The van der Waals surface area contributed by atoms with Gasteiger partial charge >= 0.3 is 0 Å². The lowest BCUT2D eigenvalue weighted by Crippen LogP contribution is -2.38. The summed E-state index contributed by atoms with van der Waals surface area (Å²) in [5, 5.41) is 8.32. The lowest BCUT2D eigenvalue weighted by Gasteiger charge is -2.18. The maximum absolute atomic E-state index is 8.32. The third-order valence-electron chi connectivity index (χ3n) is 0.887. The van der Waals surface area contributed by atoms with Crippen LogP contribution in [0.15, 0.2) is 0 Å². The van der Waals surface area contributed by atoms with E-state index in [1.54, 1.807) is 6.92 Å². The van der Waals surface area contributed by atoms with Crippen molar-refractivity contribution in [2.45, 2.75) is 32.4 Å². The van der Waals surface area contributed by atoms with Crippen LogP contribution in [0.2, 0.25) is 0 Å². The summed E-state index contributed by atoms with van der Waals surface area (Å²) in [7, 11) is 0. The van der Waals surface area contributed by atoms with Crippen molar-refractivity contribution in [1.82, 2.24) is 0 Å². The Morgan fingerprint density at radius 3 is 2.50 bits per heavy atom. The zero-order chi connectivity index (χ0) is 8.20. The number of nitrogens with two attached hydrogens (primary N) is 1. The van der Waals surface area contributed by atoms with Crippen LogP contribution in [0.1, 0.15) is 20.8 Å². The number of nitriles is 1. The van der Waals surface area contributed by atoms with Crippen molar-refractivity contribution in [2.75, 3.05) is 6.61 Å². The molecule has 0 amide bonds. The van der Waals surface area contributed by atoms with Gasteiger partial charge in [-0.05, 0) is 20.8 Å². The topological polar surface area (TPSA) is 59.0 Å². The van der Waals surface area contributed by atoms with E-state index in [-0.39, 0.29) is 11.6 Å². The van der Waals surface area contributed by atoms with Gasteiger partial charge in [-0.15, -0.1) is 0 Å². The van der Waals surface area contributed by atoms with Gasteiger partial charge in [0.15, 0.2) is 0 Å². The molecule has 0 saturated heterocycles. The first-order valence-corrected chi connectivity index (χ1v) is 3.26. The third kappa shape index (κ3) is 5.54. The Labute approximate surface area is 61.8 Å². The molecule has 0 bridgehead atoms. The molecule has 1 atom stereocenters. The first-order valence-electron chi connectivity index (χ1n) is 3.26. The molecule has 0 heterocycles. The lowest BCUT2D eigenvalue weighted by atomic mass is 10.1. The van der Waals surface area contributed by atoms with Crippen molar-refractivity contribution in [2.24, 2.45) is 5.73 Å². The van der Waals surface area contributed by atoms with Gasteiger partial charge in [0.1, 0.15) is 6.10 Å². The highest BCUT2D eigenvalue weighted by atomic mass is 16.5. The van der Waals surface area contributed by atoms with Crippen molar-refractivity contribution in [3.63, 3.8) is 0 Å². The molecule has 3 heteroatoms. The fraction of sp³-hybridized carbons (Fsp3) is 0.857. The Hall–Kier alpha value is -0.590. The molecule has 0 saturated carbocycles. The number of rotatable bonds is 3. The molecule has 0 aromatic rings. The number of hydrogen-bond acceptors (Lipinski definition) is 3. The van der Waals surface area contributed by atoms with Gasteiger partial charge in [0.05, 0.1) is 12.7 Å². The van der Waals surface area contributed by atoms with Crippen LogP contribution in [-0.4, -0.2) is 18.2 Å². The van der Waals surface area contributed by atoms with Crippen molar-refractivity contribution < 1.29 is 4.74 Å². The summed E-state index contributed by atoms with van der Waals surface area (Å²) in [6.07, 6.45) is -0.358. The van der Waals surface area contributed by atoms with E-state index in [0.717, 1.165) is 0 Å². The molecule has 0 aliphatic rings. The van der Waals surface area contributed by atoms with Crippen LogP contribution in [0.5, 0.6) is 0 Å². The average Bonchev–Trinajstić information content (AvgIpc) is 1.81. The molecule has 0 spiro atoms. The second kappa shape index (κ2) is 3.55. The number of nitrogens with zero attached hydrogens (tertiary/aromatic N) is 1. The first-order chi connectivity index (χ1) is 4.45. The molecule has 0 aliphatic heterocycles. The molecule has 2 N–H and O–H groups in total. The molecule has 0 aromatic carbocycles. The van der Waals surface area contributed by atoms with Gasteiger partial charge < -0.3 is 10.5 Å². The molecule has 10 heavy (non-hydrogen) atoms. The molecular formula is C7H14N2O. The van der Waals surface area contributed by atoms with E-state index in [0.29, 0.717) is 6.61 Å². The van der Waals surface area contributed by atoms with E-state index in [1.165, 1.54) is 0 Å². The molecule has 3 nitrogen and oxygen atoms in total. The highest BCUT2D eigenvalue weighted by molar-refractivity contribution is 4.81. The molecule has 58 valence electrons. The fourth-order valence-corrected chi connectivity index (χ4v) is 0.377.